The van der Waals surface area contributed by atoms with Crippen molar-refractivity contribution in [2.45, 2.75) is 19.5 Å². The van der Waals surface area contributed by atoms with Gasteiger partial charge in [0.1, 0.15) is 0 Å². The topological polar surface area (TPSA) is 28.2 Å². The zero-order valence-electron chi connectivity index (χ0n) is 9.50. The molecule has 1 rings (SSSR count). The van der Waals surface area contributed by atoms with Crippen LogP contribution in [0.25, 0.3) is 0 Å². The predicted octanol–water partition coefficient (Wildman–Crippen LogP) is 1.88. The van der Waals surface area contributed by atoms with E-state index in [0.717, 1.165) is 23.3 Å². The molecule has 1 atom stereocenters. The highest BCUT2D eigenvalue weighted by Crippen LogP contribution is 2.12. The molecule has 0 spiro atoms. The molecule has 0 aliphatic carbocycles. The van der Waals surface area contributed by atoms with Gasteiger partial charge in [-0.15, -0.1) is 0 Å². The van der Waals surface area contributed by atoms with E-state index >= 15 is 0 Å². The van der Waals surface area contributed by atoms with Gasteiger partial charge in [0, 0.05) is 29.8 Å². The van der Waals surface area contributed by atoms with Crippen molar-refractivity contribution in [3.8, 4) is 0 Å². The summed E-state index contributed by atoms with van der Waals surface area (Å²) in [6.07, 6.45) is 1.82. The van der Waals surface area contributed by atoms with Crippen molar-refractivity contribution in [3.05, 3.63) is 28.5 Å². The van der Waals surface area contributed by atoms with Gasteiger partial charge in [0.25, 0.3) is 0 Å². The van der Waals surface area contributed by atoms with E-state index in [1.54, 1.807) is 0 Å². The van der Waals surface area contributed by atoms with Crippen LogP contribution in [0.2, 0.25) is 0 Å². The lowest BCUT2D eigenvalue weighted by Crippen LogP contribution is -2.35. The van der Waals surface area contributed by atoms with Crippen molar-refractivity contribution in [3.63, 3.8) is 0 Å². The van der Waals surface area contributed by atoms with Crippen LogP contribution in [0, 0.1) is 0 Å². The summed E-state index contributed by atoms with van der Waals surface area (Å²) in [6.45, 7) is 4.01. The van der Waals surface area contributed by atoms with Crippen LogP contribution >= 0.6 is 15.9 Å². The zero-order chi connectivity index (χ0) is 11.3. The third-order valence-electron chi connectivity index (χ3n) is 2.09. The fourth-order valence-electron chi connectivity index (χ4n) is 1.43. The Hall–Kier alpha value is -0.450. The maximum Gasteiger partial charge on any atom is 0.0683 e. The molecule has 1 aromatic rings. The molecule has 0 aliphatic rings. The summed E-state index contributed by atoms with van der Waals surface area (Å²) in [4.78, 5) is 6.48. The Kier molecular flexibility index (Phi) is 5.22. The van der Waals surface area contributed by atoms with Gasteiger partial charge >= 0.3 is 0 Å². The number of nitrogens with zero attached hydrogens (tertiary/aromatic N) is 2. The maximum absolute atomic E-state index is 4.31. The Morgan fingerprint density at radius 2 is 2.27 bits per heavy atom. The number of nitrogens with one attached hydrogen (secondary N) is 1. The molecule has 15 heavy (non-hydrogen) atoms. The summed E-state index contributed by atoms with van der Waals surface area (Å²) in [6, 6.07) is 4.41. The third-order valence-corrected chi connectivity index (χ3v) is 2.81. The Morgan fingerprint density at radius 1 is 1.53 bits per heavy atom. The second-order valence-corrected chi connectivity index (χ2v) is 4.83. The minimum atomic E-state index is 0.467. The van der Waals surface area contributed by atoms with E-state index in [0.29, 0.717) is 6.04 Å². The lowest BCUT2D eigenvalue weighted by Gasteiger charge is -2.18. The minimum absolute atomic E-state index is 0.467. The van der Waals surface area contributed by atoms with Crippen LogP contribution in [0.15, 0.2) is 22.8 Å². The van der Waals surface area contributed by atoms with Gasteiger partial charge in [0.2, 0.25) is 0 Å². The standard InChI is InChI=1S/C11H18BrN3/c1-9(8-15(2)3)14-7-11-10(12)5-4-6-13-11/h4-6,9,14H,7-8H2,1-3H3. The molecule has 4 heteroatoms. The van der Waals surface area contributed by atoms with E-state index < -0.39 is 0 Å². The Bertz CT molecular complexity index is 302. The smallest absolute Gasteiger partial charge is 0.0683 e. The molecular formula is C11H18BrN3. The normalized spacial score (nSPS) is 13.1. The average Bonchev–Trinajstić information content (AvgIpc) is 2.15. The van der Waals surface area contributed by atoms with E-state index in [1.165, 1.54) is 0 Å². The third kappa shape index (κ3) is 4.73. The van der Waals surface area contributed by atoms with Crippen molar-refractivity contribution in [2.24, 2.45) is 0 Å². The first kappa shape index (κ1) is 12.6. The van der Waals surface area contributed by atoms with Gasteiger partial charge in [0.15, 0.2) is 0 Å². The van der Waals surface area contributed by atoms with Crippen LogP contribution in [0.1, 0.15) is 12.6 Å². The first-order valence-corrected chi connectivity index (χ1v) is 5.86. The van der Waals surface area contributed by atoms with E-state index in [4.69, 9.17) is 0 Å². The summed E-state index contributed by atoms with van der Waals surface area (Å²) < 4.78 is 1.06. The molecule has 0 bridgehead atoms. The molecule has 0 radical (unpaired) electrons. The molecular weight excluding hydrogens is 254 g/mol. The molecule has 1 heterocycles. The van der Waals surface area contributed by atoms with E-state index in [-0.39, 0.29) is 0 Å². The number of likely N-dealkylation sites (N-methyl/N-ethyl adjacent to an activating group) is 1. The summed E-state index contributed by atoms with van der Waals surface area (Å²) in [5, 5.41) is 3.44. The molecule has 0 fully saturated rings. The highest BCUT2D eigenvalue weighted by Gasteiger charge is 2.04. The molecule has 84 valence electrons. The second kappa shape index (κ2) is 6.20. The van der Waals surface area contributed by atoms with Gasteiger partial charge in [-0.2, -0.15) is 0 Å². The van der Waals surface area contributed by atoms with Crippen molar-refractivity contribution >= 4 is 15.9 Å². The van der Waals surface area contributed by atoms with Crippen LogP contribution in [0.5, 0.6) is 0 Å². The number of pyridine rings is 1. The van der Waals surface area contributed by atoms with E-state index in [1.807, 2.05) is 18.3 Å². The molecule has 3 nitrogen and oxygen atoms in total. The molecule has 1 N–H and O–H groups in total. The van der Waals surface area contributed by atoms with Gasteiger partial charge in [-0.05, 0) is 49.1 Å². The Labute approximate surface area is 100 Å². The van der Waals surface area contributed by atoms with Crippen LogP contribution in [0.3, 0.4) is 0 Å². The van der Waals surface area contributed by atoms with Gasteiger partial charge in [-0.25, -0.2) is 0 Å². The fourth-order valence-corrected chi connectivity index (χ4v) is 1.83. The highest BCUT2D eigenvalue weighted by molar-refractivity contribution is 9.10. The van der Waals surface area contributed by atoms with Gasteiger partial charge in [-0.1, -0.05) is 0 Å². The SMILES string of the molecule is CC(CN(C)C)NCc1ncccc1Br. The first-order chi connectivity index (χ1) is 7.09. The summed E-state index contributed by atoms with van der Waals surface area (Å²) in [7, 11) is 4.16. The second-order valence-electron chi connectivity index (χ2n) is 3.98. The van der Waals surface area contributed by atoms with Gasteiger partial charge in [-0.3, -0.25) is 4.98 Å². The van der Waals surface area contributed by atoms with E-state index in [9.17, 15) is 0 Å². The van der Waals surface area contributed by atoms with Crippen molar-refractivity contribution in [2.75, 3.05) is 20.6 Å². The number of hydrogen-bond donors (Lipinski definition) is 1. The minimum Gasteiger partial charge on any atom is -0.308 e. The van der Waals surface area contributed by atoms with Crippen LogP contribution in [0.4, 0.5) is 0 Å². The molecule has 1 aromatic heterocycles. The van der Waals surface area contributed by atoms with Crippen molar-refractivity contribution in [1.29, 1.82) is 0 Å². The van der Waals surface area contributed by atoms with E-state index in [2.05, 4.69) is 52.1 Å². The molecule has 0 amide bonds. The van der Waals surface area contributed by atoms with Gasteiger partial charge < -0.3 is 10.2 Å². The summed E-state index contributed by atoms with van der Waals surface area (Å²) in [5.41, 5.74) is 1.06. The van der Waals surface area contributed by atoms with Crippen LogP contribution < -0.4 is 5.32 Å². The van der Waals surface area contributed by atoms with Crippen molar-refractivity contribution < 1.29 is 0 Å². The largest absolute Gasteiger partial charge is 0.308 e. The number of rotatable bonds is 5. The predicted molar refractivity (Wildman–Crippen MR) is 66.8 cm³/mol. The van der Waals surface area contributed by atoms with Crippen LogP contribution in [-0.2, 0) is 6.54 Å². The highest BCUT2D eigenvalue weighted by atomic mass is 79.9. The zero-order valence-corrected chi connectivity index (χ0v) is 11.1. The molecule has 0 saturated carbocycles. The fraction of sp³-hybridized carbons (Fsp3) is 0.545. The number of halogens is 1. The number of aromatic nitrogens is 1. The molecule has 0 saturated heterocycles. The van der Waals surface area contributed by atoms with Gasteiger partial charge in [0.05, 0.1) is 5.69 Å². The number of hydrogen-bond acceptors (Lipinski definition) is 3. The monoisotopic (exact) mass is 271 g/mol. The molecule has 0 aliphatic heterocycles. The Morgan fingerprint density at radius 3 is 2.87 bits per heavy atom. The lowest BCUT2D eigenvalue weighted by atomic mass is 10.3. The van der Waals surface area contributed by atoms with Crippen LogP contribution in [-0.4, -0.2) is 36.6 Å². The summed E-state index contributed by atoms with van der Waals surface area (Å²) in [5.74, 6) is 0. The maximum atomic E-state index is 4.31. The molecule has 0 aromatic carbocycles. The lowest BCUT2D eigenvalue weighted by molar-refractivity contribution is 0.348. The van der Waals surface area contributed by atoms with Crippen molar-refractivity contribution in [1.82, 2.24) is 15.2 Å². The average molecular weight is 272 g/mol. The summed E-state index contributed by atoms with van der Waals surface area (Å²) >= 11 is 3.48. The molecule has 1 unspecified atom stereocenters. The quantitative estimate of drug-likeness (QED) is 0.887. The first-order valence-electron chi connectivity index (χ1n) is 5.07. The Balaban J connectivity index is 2.40.